The number of nitrogens with one attached hydrogen (secondary N) is 2. The Morgan fingerprint density at radius 1 is 1.12 bits per heavy atom. The van der Waals surface area contributed by atoms with E-state index < -0.39 is 17.8 Å². The molecule has 0 aliphatic carbocycles. The zero-order chi connectivity index (χ0) is 25.9. The van der Waals surface area contributed by atoms with Gasteiger partial charge in [0.2, 0.25) is 0 Å². The van der Waals surface area contributed by atoms with Gasteiger partial charge in [0.25, 0.3) is 6.43 Å². The fourth-order valence-electron chi connectivity index (χ4n) is 3.02. The highest BCUT2D eigenvalue weighted by atomic mass is 19.3. The summed E-state index contributed by atoms with van der Waals surface area (Å²) in [4.78, 5) is 8.00. The average molecular weight is 481 g/mol. The van der Waals surface area contributed by atoms with Crippen LogP contribution >= 0.6 is 0 Å². The zero-order valence-corrected chi connectivity index (χ0v) is 19.7. The van der Waals surface area contributed by atoms with Gasteiger partial charge < -0.3 is 25.3 Å². The van der Waals surface area contributed by atoms with E-state index in [1.54, 1.807) is 30.3 Å². The number of phenolic OH excluding ortho intramolecular Hbond substituents is 1. The number of aryl methyl sites for hydroxylation is 1. The Morgan fingerprint density at radius 2 is 1.76 bits per heavy atom. The maximum atomic E-state index is 13.4. The Labute approximate surface area is 200 Å². The third kappa shape index (κ3) is 11.7. The summed E-state index contributed by atoms with van der Waals surface area (Å²) >= 11 is 0. The van der Waals surface area contributed by atoms with E-state index >= 15 is 0 Å². The van der Waals surface area contributed by atoms with E-state index in [-0.39, 0.29) is 11.9 Å². The molecule has 188 valence electrons. The van der Waals surface area contributed by atoms with Gasteiger partial charge in [-0.05, 0) is 73.8 Å². The summed E-state index contributed by atoms with van der Waals surface area (Å²) in [6, 6.07) is 10.6. The molecule has 0 saturated heterocycles. The van der Waals surface area contributed by atoms with Crippen molar-refractivity contribution >= 4 is 12.5 Å². The molecule has 0 saturated carbocycles. The van der Waals surface area contributed by atoms with Crippen LogP contribution in [-0.2, 0) is 16.0 Å². The van der Waals surface area contributed by atoms with Gasteiger partial charge in [-0.3, -0.25) is 0 Å². The number of likely N-dealkylation sites (N-methyl/N-ethyl adjacent to an activating group) is 1. The third-order valence-corrected chi connectivity index (χ3v) is 4.75. The number of carbonyl (C=O) groups is 1. The largest absolute Gasteiger partial charge is 0.508 e. The second-order valence-corrected chi connectivity index (χ2v) is 7.05. The van der Waals surface area contributed by atoms with Crippen LogP contribution in [0.15, 0.2) is 62.2 Å². The van der Waals surface area contributed by atoms with Crippen molar-refractivity contribution in [3.63, 3.8) is 0 Å². The molecular weight excluding hydrogens is 445 g/mol. The molecule has 0 spiro atoms. The van der Waals surface area contributed by atoms with Crippen molar-refractivity contribution < 1.29 is 27.8 Å². The van der Waals surface area contributed by atoms with E-state index in [0.29, 0.717) is 44.5 Å². The van der Waals surface area contributed by atoms with Crippen LogP contribution in [0.3, 0.4) is 0 Å². The Kier molecular flexibility index (Phi) is 16.7. The van der Waals surface area contributed by atoms with Gasteiger partial charge in [-0.1, -0.05) is 12.6 Å². The lowest BCUT2D eigenvalue weighted by Crippen LogP contribution is -2.30. The summed E-state index contributed by atoms with van der Waals surface area (Å²) in [5.74, 6) is -0.686. The Balaban J connectivity index is 0.00000258. The number of hydrogen-bond donors (Lipinski definition) is 3. The molecule has 2 aromatic rings. The lowest BCUT2D eigenvalue weighted by Gasteiger charge is -2.20. The average Bonchev–Trinajstić information content (AvgIpc) is 2.85. The van der Waals surface area contributed by atoms with E-state index in [0.717, 1.165) is 17.3 Å². The molecule has 1 atom stereocenters. The Hall–Kier alpha value is -3.10. The summed E-state index contributed by atoms with van der Waals surface area (Å²) in [5.41, 5.74) is 1.72. The quantitative estimate of drug-likeness (QED) is 0.269. The van der Waals surface area contributed by atoms with Crippen LogP contribution in [0.25, 0.3) is 5.70 Å². The van der Waals surface area contributed by atoms with Gasteiger partial charge >= 0.3 is 0 Å². The lowest BCUT2D eigenvalue weighted by molar-refractivity contribution is -0.0980. The monoisotopic (exact) mass is 480 g/mol. The van der Waals surface area contributed by atoms with Crippen molar-refractivity contribution in [2.45, 2.75) is 31.8 Å². The number of halogens is 3. The highest BCUT2D eigenvalue weighted by molar-refractivity contribution is 5.62. The van der Waals surface area contributed by atoms with E-state index in [2.05, 4.69) is 30.4 Å². The van der Waals surface area contributed by atoms with E-state index in [9.17, 15) is 18.3 Å². The molecule has 5 nitrogen and oxygen atoms in total. The van der Waals surface area contributed by atoms with Gasteiger partial charge in [0.1, 0.15) is 18.4 Å². The lowest BCUT2D eigenvalue weighted by atomic mass is 10.0. The molecule has 34 heavy (non-hydrogen) atoms. The normalized spacial score (nSPS) is 11.0. The SMILES string of the molecule is C=C.C=C(NCC(CCCc1ccc(F)c(C(F)F)c1)OCCNC)c1ccc(O)cc1.C=O. The van der Waals surface area contributed by atoms with Crippen molar-refractivity contribution in [3.8, 4) is 5.75 Å². The smallest absolute Gasteiger partial charge is 0.266 e. The first-order valence-electron chi connectivity index (χ1n) is 10.7. The number of alkyl halides is 2. The highest BCUT2D eigenvalue weighted by Gasteiger charge is 2.15. The van der Waals surface area contributed by atoms with Crippen molar-refractivity contribution in [1.29, 1.82) is 0 Å². The van der Waals surface area contributed by atoms with Crippen molar-refractivity contribution in [3.05, 3.63) is 84.7 Å². The number of hydrogen-bond acceptors (Lipinski definition) is 5. The molecule has 0 heterocycles. The topological polar surface area (TPSA) is 70.6 Å². The zero-order valence-electron chi connectivity index (χ0n) is 19.7. The van der Waals surface area contributed by atoms with Crippen LogP contribution in [-0.4, -0.2) is 44.7 Å². The first-order valence-corrected chi connectivity index (χ1v) is 10.7. The van der Waals surface area contributed by atoms with Gasteiger partial charge in [0, 0.05) is 18.8 Å². The fourth-order valence-corrected chi connectivity index (χ4v) is 3.02. The van der Waals surface area contributed by atoms with E-state index in [4.69, 9.17) is 9.53 Å². The van der Waals surface area contributed by atoms with E-state index in [1.165, 1.54) is 6.07 Å². The number of carbonyl (C=O) groups excluding carboxylic acids is 1. The minimum absolute atomic E-state index is 0.0952. The maximum absolute atomic E-state index is 13.4. The number of phenols is 1. The number of ether oxygens (including phenoxy) is 1. The number of aromatic hydroxyl groups is 1. The molecule has 0 fully saturated rings. The molecule has 8 heteroatoms. The van der Waals surface area contributed by atoms with Gasteiger partial charge in [-0.25, -0.2) is 13.2 Å². The molecular formula is C26H35F3N2O3. The predicted octanol–water partition coefficient (Wildman–Crippen LogP) is 5.27. The summed E-state index contributed by atoms with van der Waals surface area (Å²) in [5, 5.41) is 15.7. The maximum Gasteiger partial charge on any atom is 0.266 e. The Morgan fingerprint density at radius 3 is 2.35 bits per heavy atom. The first-order chi connectivity index (χ1) is 16.4. The summed E-state index contributed by atoms with van der Waals surface area (Å²) in [6.45, 7) is 13.8. The van der Waals surface area contributed by atoms with Gasteiger partial charge in [0.15, 0.2) is 0 Å². The van der Waals surface area contributed by atoms with Crippen molar-refractivity contribution in [1.82, 2.24) is 10.6 Å². The van der Waals surface area contributed by atoms with Crippen LogP contribution in [0.2, 0.25) is 0 Å². The van der Waals surface area contributed by atoms with Gasteiger partial charge in [-0.15, -0.1) is 13.2 Å². The predicted molar refractivity (Wildman–Crippen MR) is 131 cm³/mol. The van der Waals surface area contributed by atoms with Crippen LogP contribution in [0.4, 0.5) is 13.2 Å². The minimum Gasteiger partial charge on any atom is -0.508 e. The van der Waals surface area contributed by atoms with E-state index in [1.807, 2.05) is 13.8 Å². The van der Waals surface area contributed by atoms with Crippen LogP contribution in [0, 0.1) is 5.82 Å². The first kappa shape index (κ1) is 30.9. The van der Waals surface area contributed by atoms with Crippen molar-refractivity contribution in [2.24, 2.45) is 0 Å². The van der Waals surface area contributed by atoms with Crippen LogP contribution in [0.1, 0.15) is 36.0 Å². The molecule has 0 aliphatic heterocycles. The Bertz CT molecular complexity index is 831. The summed E-state index contributed by atoms with van der Waals surface area (Å²) < 4.78 is 45.1. The second kappa shape index (κ2) is 18.3. The van der Waals surface area contributed by atoms with Crippen LogP contribution in [0.5, 0.6) is 5.75 Å². The van der Waals surface area contributed by atoms with Gasteiger partial charge in [0.05, 0.1) is 18.3 Å². The standard InChI is InChI=1S/C23H29F3N2O2.C2H4.CH2O/c1-16(18-7-9-19(29)10-8-18)28-15-20(30-13-12-27-2)5-3-4-17-6-11-22(24)21(14-17)23(25)26;2*1-2/h6-11,14,20,23,27-29H,1,3-5,12-13,15H2,2H3;1-2H2;1H2. The fraction of sp³-hybridized carbons (Fsp3) is 0.346. The molecule has 1 unspecified atom stereocenters. The summed E-state index contributed by atoms with van der Waals surface area (Å²) in [7, 11) is 1.85. The van der Waals surface area contributed by atoms with Gasteiger partial charge in [-0.2, -0.15) is 0 Å². The molecule has 0 amide bonds. The minimum atomic E-state index is -2.82. The summed E-state index contributed by atoms with van der Waals surface area (Å²) in [6.07, 6.45) is -0.933. The number of benzene rings is 2. The highest BCUT2D eigenvalue weighted by Crippen LogP contribution is 2.24. The molecule has 0 bridgehead atoms. The second-order valence-electron chi connectivity index (χ2n) is 7.05. The molecule has 3 N–H and O–H groups in total. The molecule has 0 aliphatic rings. The van der Waals surface area contributed by atoms with Crippen molar-refractivity contribution in [2.75, 3.05) is 26.7 Å². The molecule has 0 radical (unpaired) electrons. The van der Waals surface area contributed by atoms with Crippen LogP contribution < -0.4 is 10.6 Å². The molecule has 0 aromatic heterocycles. The third-order valence-electron chi connectivity index (χ3n) is 4.75. The number of rotatable bonds is 13. The molecule has 2 rings (SSSR count). The molecule has 2 aromatic carbocycles.